The number of hydrogen-bond acceptors (Lipinski definition) is 4. The molecule has 2 aliphatic rings. The van der Waals surface area contributed by atoms with Crippen molar-refractivity contribution in [2.45, 2.75) is 37.0 Å². The Morgan fingerprint density at radius 3 is 2.34 bits per heavy atom. The van der Waals surface area contributed by atoms with Crippen molar-refractivity contribution in [1.82, 2.24) is 4.72 Å². The lowest BCUT2D eigenvalue weighted by Gasteiger charge is -2.07. The van der Waals surface area contributed by atoms with Crippen LogP contribution in [-0.2, 0) is 16.4 Å². The molecule has 0 saturated carbocycles. The summed E-state index contributed by atoms with van der Waals surface area (Å²) in [6.07, 6.45) is 1.99. The van der Waals surface area contributed by atoms with Crippen LogP contribution >= 0.6 is 11.6 Å². The van der Waals surface area contributed by atoms with Crippen molar-refractivity contribution in [3.05, 3.63) is 76.3 Å². The van der Waals surface area contributed by atoms with Gasteiger partial charge in [-0.2, -0.15) is 0 Å². The number of hydrogen-bond donors (Lipinski definition) is 3. The van der Waals surface area contributed by atoms with Gasteiger partial charge < -0.3 is 10.8 Å². The standard InChI is InChI=1S/C24H27ClN2O4S/c1-16(15-26)17-5-11-21-18(14-23(24(28)29)22(21)12-6-17)4-2-3-13-27-32(30,31)20-9-7-19(25)8-10-20/h5-12,14,16,27H,2-4,13,15,26H2,1H3,(H,28,29). The van der Waals surface area contributed by atoms with Crippen LogP contribution in [0.4, 0.5) is 0 Å². The van der Waals surface area contributed by atoms with E-state index in [1.165, 1.54) is 24.3 Å². The molecule has 8 heteroatoms. The van der Waals surface area contributed by atoms with Gasteiger partial charge >= 0.3 is 5.97 Å². The summed E-state index contributed by atoms with van der Waals surface area (Å²) in [5, 5.41) is 10.1. The molecule has 0 amide bonds. The van der Waals surface area contributed by atoms with Gasteiger partial charge in [-0.15, -0.1) is 0 Å². The molecular formula is C24H27ClN2O4S. The molecule has 0 bridgehead atoms. The molecule has 0 heterocycles. The number of aryl methyl sites for hydroxylation is 1. The van der Waals surface area contributed by atoms with Crippen LogP contribution in [0, 0.1) is 0 Å². The number of sulfonamides is 1. The van der Waals surface area contributed by atoms with Crippen LogP contribution in [0.1, 0.15) is 47.2 Å². The van der Waals surface area contributed by atoms with E-state index < -0.39 is 16.0 Å². The van der Waals surface area contributed by atoms with Gasteiger partial charge in [-0.3, -0.25) is 0 Å². The Labute approximate surface area is 193 Å². The lowest BCUT2D eigenvalue weighted by atomic mass is 10.0. The third-order valence-electron chi connectivity index (χ3n) is 5.57. The van der Waals surface area contributed by atoms with Crippen molar-refractivity contribution in [2.75, 3.05) is 13.1 Å². The lowest BCUT2D eigenvalue weighted by Crippen LogP contribution is -2.24. The van der Waals surface area contributed by atoms with E-state index in [2.05, 4.69) is 4.72 Å². The zero-order valence-electron chi connectivity index (χ0n) is 17.8. The molecule has 1 aromatic carbocycles. The summed E-state index contributed by atoms with van der Waals surface area (Å²) in [6, 6.07) is 15.5. The Morgan fingerprint density at radius 2 is 1.72 bits per heavy atom. The normalized spacial score (nSPS) is 12.7. The fraction of sp³-hybridized carbons (Fsp3) is 0.292. The van der Waals surface area contributed by atoms with Gasteiger partial charge in [0.25, 0.3) is 0 Å². The highest BCUT2D eigenvalue weighted by atomic mass is 35.5. The van der Waals surface area contributed by atoms with Crippen LogP contribution in [0.25, 0.3) is 11.1 Å². The largest absolute Gasteiger partial charge is 0.478 e. The van der Waals surface area contributed by atoms with Crippen LogP contribution in [0.15, 0.2) is 59.5 Å². The zero-order valence-corrected chi connectivity index (χ0v) is 19.4. The Bertz CT molecular complexity index is 1160. The van der Waals surface area contributed by atoms with Crippen molar-refractivity contribution >= 4 is 27.6 Å². The van der Waals surface area contributed by atoms with Gasteiger partial charge in [0.15, 0.2) is 0 Å². The smallest absolute Gasteiger partial charge is 0.336 e. The fourth-order valence-corrected chi connectivity index (χ4v) is 4.83. The molecule has 0 aromatic heterocycles. The number of benzene rings is 1. The maximum absolute atomic E-state index is 12.3. The molecule has 2 aliphatic carbocycles. The molecule has 0 saturated heterocycles. The van der Waals surface area contributed by atoms with Crippen molar-refractivity contribution in [3.63, 3.8) is 0 Å². The van der Waals surface area contributed by atoms with Gasteiger partial charge in [0, 0.05) is 11.6 Å². The molecule has 0 aliphatic heterocycles. The van der Waals surface area contributed by atoms with E-state index in [4.69, 9.17) is 17.3 Å². The first-order valence-electron chi connectivity index (χ1n) is 10.5. The van der Waals surface area contributed by atoms with Crippen molar-refractivity contribution in [3.8, 4) is 11.1 Å². The molecule has 3 rings (SSSR count). The number of carbonyl (C=O) groups is 1. The van der Waals surface area contributed by atoms with Crippen LogP contribution in [0.2, 0.25) is 5.02 Å². The number of halogens is 1. The van der Waals surface area contributed by atoms with Gasteiger partial charge in [0.2, 0.25) is 10.0 Å². The fourth-order valence-electron chi connectivity index (χ4n) is 3.63. The first-order chi connectivity index (χ1) is 15.2. The molecule has 1 unspecified atom stereocenters. The van der Waals surface area contributed by atoms with E-state index in [1.807, 2.05) is 31.2 Å². The van der Waals surface area contributed by atoms with Gasteiger partial charge in [-0.05, 0) is 84.3 Å². The molecule has 1 atom stereocenters. The van der Waals surface area contributed by atoms with Gasteiger partial charge in [-0.25, -0.2) is 17.9 Å². The van der Waals surface area contributed by atoms with E-state index in [9.17, 15) is 18.3 Å². The summed E-state index contributed by atoms with van der Waals surface area (Å²) in [6.45, 7) is 2.84. The number of nitrogens with one attached hydrogen (secondary N) is 1. The summed E-state index contributed by atoms with van der Waals surface area (Å²) in [7, 11) is -3.58. The number of carboxylic acid groups (broad SMARTS) is 1. The summed E-state index contributed by atoms with van der Waals surface area (Å²) in [5.41, 5.74) is 9.66. The second-order valence-corrected chi connectivity index (χ2v) is 10.0. The zero-order chi connectivity index (χ0) is 23.3. The molecular weight excluding hydrogens is 448 g/mol. The second-order valence-electron chi connectivity index (χ2n) is 7.83. The van der Waals surface area contributed by atoms with Gasteiger partial charge in [0.05, 0.1) is 10.5 Å². The van der Waals surface area contributed by atoms with Crippen LogP contribution in [0.3, 0.4) is 0 Å². The predicted octanol–water partition coefficient (Wildman–Crippen LogP) is 4.51. The van der Waals surface area contributed by atoms with Crippen LogP contribution in [0.5, 0.6) is 0 Å². The Balaban J connectivity index is 1.67. The van der Waals surface area contributed by atoms with E-state index in [1.54, 1.807) is 6.07 Å². The average Bonchev–Trinajstić information content (AvgIpc) is 2.96. The highest BCUT2D eigenvalue weighted by molar-refractivity contribution is 7.89. The lowest BCUT2D eigenvalue weighted by molar-refractivity contribution is 0.0698. The Hall–Kier alpha value is -2.45. The number of fused-ring (bicyclic) bond motifs is 1. The average molecular weight is 475 g/mol. The summed E-state index contributed by atoms with van der Waals surface area (Å²) in [5.74, 6) is -0.784. The van der Waals surface area contributed by atoms with Crippen molar-refractivity contribution in [2.24, 2.45) is 5.73 Å². The minimum absolute atomic E-state index is 0.171. The molecule has 6 nitrogen and oxygen atoms in total. The Kier molecular flexibility index (Phi) is 7.90. The quantitative estimate of drug-likeness (QED) is 0.374. The van der Waals surface area contributed by atoms with Crippen molar-refractivity contribution < 1.29 is 18.3 Å². The molecule has 1 aromatic rings. The van der Waals surface area contributed by atoms with Gasteiger partial charge in [0.1, 0.15) is 0 Å². The number of unbranched alkanes of at least 4 members (excludes halogenated alkanes) is 1. The summed E-state index contributed by atoms with van der Waals surface area (Å²) in [4.78, 5) is 11.9. The van der Waals surface area contributed by atoms with Gasteiger partial charge in [-0.1, -0.05) is 42.8 Å². The minimum Gasteiger partial charge on any atom is -0.478 e. The number of rotatable bonds is 10. The maximum Gasteiger partial charge on any atom is 0.336 e. The first-order valence-corrected chi connectivity index (χ1v) is 12.3. The number of carboxylic acids is 1. The number of nitrogens with two attached hydrogens (primary N) is 1. The molecule has 0 spiro atoms. The monoisotopic (exact) mass is 474 g/mol. The highest BCUT2D eigenvalue weighted by Crippen LogP contribution is 2.34. The third kappa shape index (κ3) is 5.66. The highest BCUT2D eigenvalue weighted by Gasteiger charge is 2.20. The second kappa shape index (κ2) is 10.4. The maximum atomic E-state index is 12.3. The van der Waals surface area contributed by atoms with E-state index in [-0.39, 0.29) is 16.4 Å². The molecule has 0 radical (unpaired) electrons. The Morgan fingerprint density at radius 1 is 1.06 bits per heavy atom. The number of aromatic carboxylic acids is 1. The molecule has 170 valence electrons. The van der Waals surface area contributed by atoms with E-state index in [0.717, 1.165) is 16.7 Å². The predicted molar refractivity (Wildman–Crippen MR) is 127 cm³/mol. The molecule has 0 fully saturated rings. The van der Waals surface area contributed by atoms with E-state index in [0.29, 0.717) is 42.9 Å². The third-order valence-corrected chi connectivity index (χ3v) is 7.30. The minimum atomic E-state index is -3.58. The van der Waals surface area contributed by atoms with Crippen molar-refractivity contribution in [1.29, 1.82) is 0 Å². The summed E-state index contributed by atoms with van der Waals surface area (Å²) < 4.78 is 27.3. The first kappa shape index (κ1) is 24.2. The van der Waals surface area contributed by atoms with Crippen LogP contribution in [-0.4, -0.2) is 32.6 Å². The molecule has 32 heavy (non-hydrogen) atoms. The molecule has 4 N–H and O–H groups in total. The summed E-state index contributed by atoms with van der Waals surface area (Å²) >= 11 is 5.81. The van der Waals surface area contributed by atoms with E-state index >= 15 is 0 Å². The van der Waals surface area contributed by atoms with Crippen LogP contribution < -0.4 is 10.5 Å². The SMILES string of the molecule is CC(CN)c1ccc2c(CCCCNS(=O)(=O)c3ccc(Cl)cc3)cc(C(=O)O)c-2cc1. The topological polar surface area (TPSA) is 109 Å².